The van der Waals surface area contributed by atoms with Crippen molar-refractivity contribution in [3.05, 3.63) is 24.3 Å². The lowest BCUT2D eigenvalue weighted by atomic mass is 10.2. The zero-order valence-corrected chi connectivity index (χ0v) is 13.3. The van der Waals surface area contributed by atoms with Crippen molar-refractivity contribution in [2.75, 3.05) is 25.6 Å². The van der Waals surface area contributed by atoms with Crippen LogP contribution < -0.4 is 15.8 Å². The normalized spacial score (nSPS) is 11.7. The van der Waals surface area contributed by atoms with Crippen LogP contribution in [0, 0.1) is 0 Å². The summed E-state index contributed by atoms with van der Waals surface area (Å²) in [7, 11) is 1.72. The van der Waals surface area contributed by atoms with E-state index in [1.165, 1.54) is 0 Å². The second-order valence-corrected chi connectivity index (χ2v) is 5.14. The molecule has 0 spiro atoms. The first-order chi connectivity index (χ1) is 10.1. The van der Waals surface area contributed by atoms with E-state index in [0.29, 0.717) is 5.96 Å². The molecule has 0 amide bonds. The maximum atomic E-state index is 5.85. The zero-order chi connectivity index (χ0) is 15.5. The molecule has 0 saturated carbocycles. The minimum Gasteiger partial charge on any atom is -0.491 e. The van der Waals surface area contributed by atoms with Crippen LogP contribution in [0.15, 0.2) is 29.3 Å². The molecule has 1 aromatic rings. The molecule has 0 aliphatic heterocycles. The van der Waals surface area contributed by atoms with Crippen LogP contribution in [-0.4, -0.2) is 32.3 Å². The molecule has 0 unspecified atom stereocenters. The van der Waals surface area contributed by atoms with Crippen molar-refractivity contribution >= 4 is 11.6 Å². The fraction of sp³-hybridized carbons (Fsp3) is 0.562. The van der Waals surface area contributed by atoms with Gasteiger partial charge in [-0.15, -0.1) is 0 Å². The maximum absolute atomic E-state index is 5.85. The molecule has 5 heteroatoms. The Labute approximate surface area is 127 Å². The average molecular weight is 293 g/mol. The fourth-order valence-electron chi connectivity index (χ4n) is 1.81. The number of ether oxygens (including phenoxy) is 2. The number of unbranched alkanes of at least 4 members (excludes halogenated alkanes) is 2. The second-order valence-electron chi connectivity index (χ2n) is 5.14. The minimum absolute atomic E-state index is 0.175. The van der Waals surface area contributed by atoms with Crippen LogP contribution in [0.5, 0.6) is 5.75 Å². The maximum Gasteiger partial charge on any atom is 0.193 e. The van der Waals surface area contributed by atoms with Gasteiger partial charge < -0.3 is 20.5 Å². The van der Waals surface area contributed by atoms with Crippen molar-refractivity contribution in [2.45, 2.75) is 39.2 Å². The molecule has 118 valence electrons. The van der Waals surface area contributed by atoms with E-state index < -0.39 is 0 Å². The number of aliphatic imine (C=N–C) groups is 1. The molecular weight excluding hydrogens is 266 g/mol. The van der Waals surface area contributed by atoms with Crippen molar-refractivity contribution in [1.82, 2.24) is 0 Å². The number of nitrogens with zero attached hydrogens (tertiary/aromatic N) is 1. The van der Waals surface area contributed by atoms with Crippen molar-refractivity contribution in [3.8, 4) is 5.75 Å². The summed E-state index contributed by atoms with van der Waals surface area (Å²) in [5.41, 5.74) is 6.76. The van der Waals surface area contributed by atoms with Crippen molar-refractivity contribution in [3.63, 3.8) is 0 Å². The lowest BCUT2D eigenvalue weighted by Gasteiger charge is -2.10. The first kappa shape index (κ1) is 17.3. The van der Waals surface area contributed by atoms with Gasteiger partial charge in [0.1, 0.15) is 5.75 Å². The molecule has 0 saturated heterocycles. The Hall–Kier alpha value is -1.75. The van der Waals surface area contributed by atoms with Gasteiger partial charge in [-0.25, -0.2) is 0 Å². The summed E-state index contributed by atoms with van der Waals surface area (Å²) in [6.45, 7) is 5.55. The molecule has 0 fully saturated rings. The van der Waals surface area contributed by atoms with Gasteiger partial charge in [-0.05, 0) is 57.4 Å². The van der Waals surface area contributed by atoms with Crippen LogP contribution in [0.1, 0.15) is 33.1 Å². The molecule has 0 aliphatic carbocycles. The first-order valence-corrected chi connectivity index (χ1v) is 7.44. The zero-order valence-electron chi connectivity index (χ0n) is 13.3. The fourth-order valence-corrected chi connectivity index (χ4v) is 1.81. The number of hydrogen-bond donors (Lipinski definition) is 2. The minimum atomic E-state index is 0.175. The number of hydrogen-bond acceptors (Lipinski definition) is 3. The predicted octanol–water partition coefficient (Wildman–Crippen LogP) is 3.02. The molecule has 0 radical (unpaired) electrons. The standard InChI is InChI=1S/C16H27N3O2/c1-13(2)21-15-9-7-14(8-10-15)19-16(17)18-11-5-4-6-12-20-3/h7-10,13H,4-6,11-12H2,1-3H3,(H3,17,18,19). The van der Waals surface area contributed by atoms with Crippen molar-refractivity contribution in [2.24, 2.45) is 10.7 Å². The topological polar surface area (TPSA) is 68.9 Å². The third kappa shape index (κ3) is 8.19. The van der Waals surface area contributed by atoms with E-state index >= 15 is 0 Å². The predicted molar refractivity (Wildman–Crippen MR) is 88.0 cm³/mol. The Bertz CT molecular complexity index is 416. The molecule has 0 aromatic heterocycles. The van der Waals surface area contributed by atoms with E-state index in [2.05, 4.69) is 10.3 Å². The Morgan fingerprint density at radius 3 is 2.52 bits per heavy atom. The van der Waals surface area contributed by atoms with Crippen LogP contribution in [-0.2, 0) is 4.74 Å². The molecule has 0 aliphatic rings. The Balaban J connectivity index is 2.31. The smallest absolute Gasteiger partial charge is 0.193 e. The van der Waals surface area contributed by atoms with Gasteiger partial charge in [0, 0.05) is 25.9 Å². The van der Waals surface area contributed by atoms with Gasteiger partial charge >= 0.3 is 0 Å². The SMILES string of the molecule is COCCCCCN=C(N)Nc1ccc(OC(C)C)cc1. The highest BCUT2D eigenvalue weighted by atomic mass is 16.5. The van der Waals surface area contributed by atoms with Crippen molar-refractivity contribution in [1.29, 1.82) is 0 Å². The second kappa shape index (κ2) is 10.0. The molecule has 0 atom stereocenters. The summed E-state index contributed by atoms with van der Waals surface area (Å²) in [5, 5.41) is 3.07. The Morgan fingerprint density at radius 1 is 1.19 bits per heavy atom. The molecule has 5 nitrogen and oxygen atoms in total. The number of anilines is 1. The lowest BCUT2D eigenvalue weighted by Crippen LogP contribution is -2.22. The average Bonchev–Trinajstić information content (AvgIpc) is 2.44. The monoisotopic (exact) mass is 293 g/mol. The largest absolute Gasteiger partial charge is 0.491 e. The number of nitrogens with two attached hydrogens (primary N) is 1. The molecule has 1 aromatic carbocycles. The van der Waals surface area contributed by atoms with Crippen LogP contribution in [0.3, 0.4) is 0 Å². The number of guanidine groups is 1. The van der Waals surface area contributed by atoms with Crippen LogP contribution in [0.2, 0.25) is 0 Å². The number of rotatable bonds is 9. The molecular formula is C16H27N3O2. The Kier molecular flexibility index (Phi) is 8.28. The number of benzene rings is 1. The first-order valence-electron chi connectivity index (χ1n) is 7.44. The summed E-state index contributed by atoms with van der Waals surface area (Å²) in [6, 6.07) is 7.69. The highest BCUT2D eigenvalue weighted by Crippen LogP contribution is 2.16. The van der Waals surface area contributed by atoms with Gasteiger partial charge in [0.2, 0.25) is 0 Å². The van der Waals surface area contributed by atoms with E-state index in [1.807, 2.05) is 38.1 Å². The van der Waals surface area contributed by atoms with E-state index in [4.69, 9.17) is 15.2 Å². The summed E-state index contributed by atoms with van der Waals surface area (Å²) < 4.78 is 10.6. The van der Waals surface area contributed by atoms with Crippen LogP contribution in [0.25, 0.3) is 0 Å². The third-order valence-corrected chi connectivity index (χ3v) is 2.79. The van der Waals surface area contributed by atoms with Gasteiger partial charge in [-0.2, -0.15) is 0 Å². The van der Waals surface area contributed by atoms with Crippen LogP contribution in [0.4, 0.5) is 5.69 Å². The van der Waals surface area contributed by atoms with Gasteiger partial charge in [-0.1, -0.05) is 0 Å². The van der Waals surface area contributed by atoms with E-state index in [1.54, 1.807) is 7.11 Å². The molecule has 21 heavy (non-hydrogen) atoms. The highest BCUT2D eigenvalue weighted by molar-refractivity contribution is 5.92. The van der Waals surface area contributed by atoms with Gasteiger partial charge in [0.15, 0.2) is 5.96 Å². The lowest BCUT2D eigenvalue weighted by molar-refractivity contribution is 0.192. The number of methoxy groups -OCH3 is 1. The highest BCUT2D eigenvalue weighted by Gasteiger charge is 1.99. The van der Waals surface area contributed by atoms with E-state index in [0.717, 1.165) is 43.9 Å². The van der Waals surface area contributed by atoms with E-state index in [9.17, 15) is 0 Å². The van der Waals surface area contributed by atoms with Gasteiger partial charge in [-0.3, -0.25) is 4.99 Å². The van der Waals surface area contributed by atoms with E-state index in [-0.39, 0.29) is 6.10 Å². The number of nitrogens with one attached hydrogen (secondary N) is 1. The molecule has 0 heterocycles. The molecule has 3 N–H and O–H groups in total. The summed E-state index contributed by atoms with van der Waals surface area (Å²) in [5.74, 6) is 1.29. The van der Waals surface area contributed by atoms with Crippen LogP contribution >= 0.6 is 0 Å². The summed E-state index contributed by atoms with van der Waals surface area (Å²) >= 11 is 0. The molecule has 1 rings (SSSR count). The third-order valence-electron chi connectivity index (χ3n) is 2.79. The summed E-state index contributed by atoms with van der Waals surface area (Å²) in [4.78, 5) is 4.30. The summed E-state index contributed by atoms with van der Waals surface area (Å²) in [6.07, 6.45) is 3.36. The van der Waals surface area contributed by atoms with Gasteiger partial charge in [0.25, 0.3) is 0 Å². The van der Waals surface area contributed by atoms with Gasteiger partial charge in [0.05, 0.1) is 6.10 Å². The Morgan fingerprint density at radius 2 is 1.90 bits per heavy atom. The molecule has 0 bridgehead atoms. The van der Waals surface area contributed by atoms with Crippen molar-refractivity contribution < 1.29 is 9.47 Å². The quantitative estimate of drug-likeness (QED) is 0.417.